The average molecular weight is 260 g/mol. The zero-order valence-corrected chi connectivity index (χ0v) is 11.9. The molecule has 0 fully saturated rings. The first-order chi connectivity index (χ1) is 9.17. The van der Waals surface area contributed by atoms with Gasteiger partial charge in [0.2, 0.25) is 0 Å². The van der Waals surface area contributed by atoms with Crippen LogP contribution < -0.4 is 5.32 Å². The van der Waals surface area contributed by atoms with Crippen molar-refractivity contribution in [3.63, 3.8) is 0 Å². The van der Waals surface area contributed by atoms with E-state index in [4.69, 9.17) is 0 Å². The Hall–Kier alpha value is -1.98. The van der Waals surface area contributed by atoms with Gasteiger partial charge in [-0.3, -0.25) is 0 Å². The standard InChI is InChI=1S/C13H20N6/c1-5-7-11-16-12(10-8-15-18-19(10)4)9(3)13(17-11)14-6-2/h8H,5-7H2,1-4H3,(H,14,16,17). The second-order valence-electron chi connectivity index (χ2n) is 4.49. The molecule has 0 aliphatic carbocycles. The fraction of sp³-hybridized carbons (Fsp3) is 0.538. The molecule has 0 atom stereocenters. The van der Waals surface area contributed by atoms with Crippen molar-refractivity contribution in [3.05, 3.63) is 17.6 Å². The quantitative estimate of drug-likeness (QED) is 0.890. The van der Waals surface area contributed by atoms with E-state index in [1.54, 1.807) is 10.9 Å². The van der Waals surface area contributed by atoms with Crippen molar-refractivity contribution >= 4 is 5.82 Å². The second-order valence-corrected chi connectivity index (χ2v) is 4.49. The van der Waals surface area contributed by atoms with E-state index in [0.717, 1.165) is 48.0 Å². The predicted molar refractivity (Wildman–Crippen MR) is 74.9 cm³/mol. The summed E-state index contributed by atoms with van der Waals surface area (Å²) in [6, 6.07) is 0. The molecule has 19 heavy (non-hydrogen) atoms. The van der Waals surface area contributed by atoms with Crippen LogP contribution in [0.25, 0.3) is 11.4 Å². The lowest BCUT2D eigenvalue weighted by molar-refractivity contribution is 0.717. The van der Waals surface area contributed by atoms with E-state index in [1.165, 1.54) is 0 Å². The minimum atomic E-state index is 0.840. The normalized spacial score (nSPS) is 10.7. The van der Waals surface area contributed by atoms with Crippen molar-refractivity contribution in [3.8, 4) is 11.4 Å². The summed E-state index contributed by atoms with van der Waals surface area (Å²) in [4.78, 5) is 9.24. The molecule has 2 heterocycles. The molecule has 6 heteroatoms. The van der Waals surface area contributed by atoms with Gasteiger partial charge in [0.15, 0.2) is 0 Å². The van der Waals surface area contributed by atoms with Gasteiger partial charge in [0.05, 0.1) is 11.9 Å². The Morgan fingerprint density at radius 2 is 2.05 bits per heavy atom. The monoisotopic (exact) mass is 260 g/mol. The molecule has 0 radical (unpaired) electrons. The Labute approximate surface area is 113 Å². The first kappa shape index (κ1) is 13.5. The highest BCUT2D eigenvalue weighted by atomic mass is 15.4. The molecular formula is C13H20N6. The number of aryl methyl sites for hydroxylation is 2. The Bertz CT molecular complexity index is 560. The maximum absolute atomic E-state index is 4.66. The summed E-state index contributed by atoms with van der Waals surface area (Å²) in [6.07, 6.45) is 3.63. The number of nitrogens with zero attached hydrogens (tertiary/aromatic N) is 5. The molecule has 102 valence electrons. The molecule has 0 saturated heterocycles. The molecule has 0 bridgehead atoms. The van der Waals surface area contributed by atoms with Gasteiger partial charge < -0.3 is 5.32 Å². The largest absolute Gasteiger partial charge is 0.370 e. The van der Waals surface area contributed by atoms with Crippen LogP contribution >= 0.6 is 0 Å². The van der Waals surface area contributed by atoms with Gasteiger partial charge in [0, 0.05) is 25.6 Å². The maximum atomic E-state index is 4.66. The zero-order chi connectivity index (χ0) is 13.8. The summed E-state index contributed by atoms with van der Waals surface area (Å²) in [5.74, 6) is 1.76. The van der Waals surface area contributed by atoms with Crippen molar-refractivity contribution in [2.24, 2.45) is 7.05 Å². The SMILES string of the molecule is CCCc1nc(NCC)c(C)c(-c2cnnn2C)n1. The minimum absolute atomic E-state index is 0.840. The van der Waals surface area contributed by atoms with Crippen LogP contribution in [0.4, 0.5) is 5.82 Å². The third-order valence-corrected chi connectivity index (χ3v) is 2.97. The number of nitrogens with one attached hydrogen (secondary N) is 1. The first-order valence-electron chi connectivity index (χ1n) is 6.63. The van der Waals surface area contributed by atoms with Crippen LogP contribution in [0, 0.1) is 6.92 Å². The van der Waals surface area contributed by atoms with Gasteiger partial charge in [0.25, 0.3) is 0 Å². The summed E-state index contributed by atoms with van der Waals surface area (Å²) < 4.78 is 1.74. The Morgan fingerprint density at radius 1 is 1.26 bits per heavy atom. The number of anilines is 1. The third kappa shape index (κ3) is 2.72. The van der Waals surface area contributed by atoms with Crippen molar-refractivity contribution in [2.75, 3.05) is 11.9 Å². The molecule has 6 nitrogen and oxygen atoms in total. The molecule has 0 unspecified atom stereocenters. The van der Waals surface area contributed by atoms with E-state index < -0.39 is 0 Å². The van der Waals surface area contributed by atoms with Crippen LogP contribution in [0.5, 0.6) is 0 Å². The Morgan fingerprint density at radius 3 is 2.63 bits per heavy atom. The number of hydrogen-bond donors (Lipinski definition) is 1. The number of aromatic nitrogens is 5. The number of rotatable bonds is 5. The predicted octanol–water partition coefficient (Wildman–Crippen LogP) is 1.96. The van der Waals surface area contributed by atoms with Crippen molar-refractivity contribution < 1.29 is 0 Å². The fourth-order valence-corrected chi connectivity index (χ4v) is 1.99. The van der Waals surface area contributed by atoms with Gasteiger partial charge in [-0.15, -0.1) is 5.10 Å². The van der Waals surface area contributed by atoms with E-state index in [2.05, 4.69) is 39.4 Å². The highest BCUT2D eigenvalue weighted by Gasteiger charge is 2.14. The fourth-order valence-electron chi connectivity index (χ4n) is 1.99. The van der Waals surface area contributed by atoms with Crippen molar-refractivity contribution in [1.29, 1.82) is 0 Å². The van der Waals surface area contributed by atoms with E-state index >= 15 is 0 Å². The highest BCUT2D eigenvalue weighted by molar-refractivity contribution is 5.64. The summed E-state index contributed by atoms with van der Waals surface area (Å²) in [6.45, 7) is 7.05. The van der Waals surface area contributed by atoms with Crippen LogP contribution in [0.3, 0.4) is 0 Å². The molecule has 2 rings (SSSR count). The topological polar surface area (TPSA) is 68.5 Å². The summed E-state index contributed by atoms with van der Waals surface area (Å²) in [5, 5.41) is 11.2. The average Bonchev–Trinajstić information content (AvgIpc) is 2.80. The van der Waals surface area contributed by atoms with Crippen molar-refractivity contribution in [2.45, 2.75) is 33.6 Å². The van der Waals surface area contributed by atoms with Crippen LogP contribution in [-0.4, -0.2) is 31.5 Å². The van der Waals surface area contributed by atoms with Gasteiger partial charge in [-0.25, -0.2) is 14.6 Å². The molecule has 1 N–H and O–H groups in total. The molecule has 0 aliphatic heterocycles. The second kappa shape index (κ2) is 5.77. The van der Waals surface area contributed by atoms with Gasteiger partial charge in [-0.05, 0) is 20.3 Å². The number of hydrogen-bond acceptors (Lipinski definition) is 5. The van der Waals surface area contributed by atoms with E-state index in [0.29, 0.717) is 0 Å². The molecular weight excluding hydrogens is 240 g/mol. The van der Waals surface area contributed by atoms with E-state index in [9.17, 15) is 0 Å². The first-order valence-corrected chi connectivity index (χ1v) is 6.63. The smallest absolute Gasteiger partial charge is 0.133 e. The lowest BCUT2D eigenvalue weighted by Gasteiger charge is -2.12. The molecule has 2 aromatic rings. The van der Waals surface area contributed by atoms with Gasteiger partial charge >= 0.3 is 0 Å². The third-order valence-electron chi connectivity index (χ3n) is 2.97. The van der Waals surface area contributed by atoms with Gasteiger partial charge in [-0.1, -0.05) is 12.1 Å². The molecule has 2 aromatic heterocycles. The maximum Gasteiger partial charge on any atom is 0.133 e. The molecule has 0 amide bonds. The van der Waals surface area contributed by atoms with Crippen LogP contribution in [-0.2, 0) is 13.5 Å². The van der Waals surface area contributed by atoms with Crippen LogP contribution in [0.15, 0.2) is 6.20 Å². The molecule has 0 aromatic carbocycles. The van der Waals surface area contributed by atoms with Crippen LogP contribution in [0.2, 0.25) is 0 Å². The highest BCUT2D eigenvalue weighted by Crippen LogP contribution is 2.25. The van der Waals surface area contributed by atoms with E-state index in [-0.39, 0.29) is 0 Å². The summed E-state index contributed by atoms with van der Waals surface area (Å²) in [5.41, 5.74) is 2.85. The zero-order valence-electron chi connectivity index (χ0n) is 11.9. The summed E-state index contributed by atoms with van der Waals surface area (Å²) in [7, 11) is 1.87. The Kier molecular flexibility index (Phi) is 4.09. The lowest BCUT2D eigenvalue weighted by atomic mass is 10.1. The molecule has 0 saturated carbocycles. The molecule has 0 aliphatic rings. The molecule has 0 spiro atoms. The van der Waals surface area contributed by atoms with Crippen molar-refractivity contribution in [1.82, 2.24) is 25.0 Å². The van der Waals surface area contributed by atoms with E-state index in [1.807, 2.05) is 14.0 Å². The summed E-state index contributed by atoms with van der Waals surface area (Å²) >= 11 is 0. The minimum Gasteiger partial charge on any atom is -0.370 e. The van der Waals surface area contributed by atoms with Gasteiger partial charge in [0.1, 0.15) is 17.3 Å². The Balaban J connectivity index is 2.55. The van der Waals surface area contributed by atoms with Crippen LogP contribution in [0.1, 0.15) is 31.7 Å². The van der Waals surface area contributed by atoms with Gasteiger partial charge in [-0.2, -0.15) is 0 Å². The lowest BCUT2D eigenvalue weighted by Crippen LogP contribution is -2.09.